The fourth-order valence-electron chi connectivity index (χ4n) is 6.83. The monoisotopic (exact) mass is 632 g/mol. The third kappa shape index (κ3) is 5.65. The van der Waals surface area contributed by atoms with Crippen molar-refractivity contribution in [3.63, 3.8) is 0 Å². The molecule has 47 heavy (non-hydrogen) atoms. The average Bonchev–Trinajstić information content (AvgIpc) is 3.80. The van der Waals surface area contributed by atoms with Crippen molar-refractivity contribution in [2.75, 3.05) is 20.8 Å². The van der Waals surface area contributed by atoms with E-state index in [1.165, 1.54) is 6.26 Å². The Morgan fingerprint density at radius 1 is 0.638 bits per heavy atom. The quantitative estimate of drug-likeness (QED) is 0.163. The normalized spacial score (nSPS) is 18.0. The lowest BCUT2D eigenvalue weighted by atomic mass is 9.71. The van der Waals surface area contributed by atoms with E-state index in [1.54, 1.807) is 34.1 Å². The second kappa shape index (κ2) is 13.6. The van der Waals surface area contributed by atoms with Gasteiger partial charge in [0.2, 0.25) is 0 Å². The smallest absolute Gasteiger partial charge is 0.467 e. The molecule has 0 bridgehead atoms. The van der Waals surface area contributed by atoms with Gasteiger partial charge in [-0.25, -0.2) is 0 Å². The van der Waals surface area contributed by atoms with Crippen LogP contribution in [0.15, 0.2) is 138 Å². The number of aliphatic hydroxyl groups excluding tert-OH is 2. The van der Waals surface area contributed by atoms with Crippen LogP contribution in [0.1, 0.15) is 48.0 Å². The number of hydrogen-bond acceptors (Lipinski definition) is 7. The van der Waals surface area contributed by atoms with Gasteiger partial charge in [-0.1, -0.05) is 135 Å². The van der Waals surface area contributed by atoms with Crippen molar-refractivity contribution in [2.24, 2.45) is 5.41 Å². The lowest BCUT2D eigenvalue weighted by molar-refractivity contribution is -0.136. The minimum Gasteiger partial charge on any atom is -0.467 e. The maximum absolute atomic E-state index is 11.4. The molecule has 1 aromatic heterocycles. The molecule has 1 saturated heterocycles. The fourth-order valence-corrected chi connectivity index (χ4v) is 6.83. The second-order valence-corrected chi connectivity index (χ2v) is 12.6. The molecule has 242 valence electrons. The first kappa shape index (κ1) is 32.9. The molecule has 7 nitrogen and oxygen atoms in total. The van der Waals surface area contributed by atoms with Crippen molar-refractivity contribution in [3.05, 3.63) is 162 Å². The minimum atomic E-state index is -1.18. The molecular weight excluding hydrogens is 591 g/mol. The van der Waals surface area contributed by atoms with Crippen LogP contribution in [0, 0.1) is 5.41 Å². The zero-order valence-corrected chi connectivity index (χ0v) is 27.2. The molecular formula is C39H41BO7. The molecule has 2 N–H and O–H groups in total. The third-order valence-electron chi connectivity index (χ3n) is 9.45. The Balaban J connectivity index is 1.63. The summed E-state index contributed by atoms with van der Waals surface area (Å²) >= 11 is 0. The van der Waals surface area contributed by atoms with E-state index in [-0.39, 0.29) is 12.4 Å². The molecule has 0 spiro atoms. The predicted octanol–water partition coefficient (Wildman–Crippen LogP) is 5.99. The van der Waals surface area contributed by atoms with Gasteiger partial charge >= 0.3 is 7.12 Å². The first-order valence-electron chi connectivity index (χ1n) is 15.8. The molecule has 3 atom stereocenters. The summed E-state index contributed by atoms with van der Waals surface area (Å²) in [4.78, 5) is 0. The lowest BCUT2D eigenvalue weighted by Crippen LogP contribution is -2.56. The van der Waals surface area contributed by atoms with Crippen LogP contribution in [0.25, 0.3) is 0 Å². The van der Waals surface area contributed by atoms with Crippen LogP contribution in [0.4, 0.5) is 0 Å². The van der Waals surface area contributed by atoms with Crippen LogP contribution in [-0.4, -0.2) is 50.4 Å². The highest BCUT2D eigenvalue weighted by atomic mass is 16.7. The highest BCUT2D eigenvalue weighted by molar-refractivity contribution is 6.62. The SMILES string of the molecule is COC(c1ccccc1)(c1ccccc1)[C@@H]1OB(c2ccoc2[C@H](O)C(C)(C)CO)O[C@H]1C(OC)(c1ccccc1)c1ccccc1. The van der Waals surface area contributed by atoms with E-state index in [0.29, 0.717) is 5.46 Å². The Hall–Kier alpha value is -4.02. The minimum absolute atomic E-state index is 0.254. The van der Waals surface area contributed by atoms with Crippen molar-refractivity contribution >= 4 is 12.6 Å². The number of rotatable bonds is 12. The van der Waals surface area contributed by atoms with E-state index in [4.69, 9.17) is 23.2 Å². The van der Waals surface area contributed by atoms with Gasteiger partial charge < -0.3 is 33.4 Å². The number of ether oxygens (including phenoxy) is 2. The Bertz CT molecular complexity index is 1530. The number of benzene rings is 4. The van der Waals surface area contributed by atoms with Crippen molar-refractivity contribution in [3.8, 4) is 0 Å². The van der Waals surface area contributed by atoms with Gasteiger partial charge in [0, 0.05) is 25.1 Å². The predicted molar refractivity (Wildman–Crippen MR) is 181 cm³/mol. The summed E-state index contributed by atoms with van der Waals surface area (Å²) in [7, 11) is 2.38. The first-order valence-corrected chi connectivity index (χ1v) is 15.8. The lowest BCUT2D eigenvalue weighted by Gasteiger charge is -2.46. The highest BCUT2D eigenvalue weighted by Gasteiger charge is 2.62. The molecule has 0 unspecified atom stereocenters. The van der Waals surface area contributed by atoms with Gasteiger partial charge in [0.05, 0.1) is 12.9 Å². The molecule has 0 aliphatic carbocycles. The second-order valence-electron chi connectivity index (χ2n) is 12.6. The van der Waals surface area contributed by atoms with Gasteiger partial charge in [-0.3, -0.25) is 0 Å². The van der Waals surface area contributed by atoms with E-state index in [1.807, 2.05) is 121 Å². The topological polar surface area (TPSA) is 90.5 Å². The Morgan fingerprint density at radius 3 is 1.32 bits per heavy atom. The van der Waals surface area contributed by atoms with Crippen molar-refractivity contribution in [1.82, 2.24) is 0 Å². The third-order valence-corrected chi connectivity index (χ3v) is 9.45. The summed E-state index contributed by atoms with van der Waals surface area (Å²) in [5.41, 5.74) is 0.744. The van der Waals surface area contributed by atoms with E-state index in [2.05, 4.69) is 0 Å². The Labute approximate surface area is 276 Å². The summed E-state index contributed by atoms with van der Waals surface area (Å²) in [5.74, 6) is 0.262. The fraction of sp³-hybridized carbons (Fsp3) is 0.282. The van der Waals surface area contributed by atoms with E-state index < -0.39 is 42.0 Å². The van der Waals surface area contributed by atoms with Gasteiger partial charge in [-0.2, -0.15) is 0 Å². The van der Waals surface area contributed by atoms with Gasteiger partial charge in [0.1, 0.15) is 35.3 Å². The van der Waals surface area contributed by atoms with E-state index in [0.717, 1.165) is 22.3 Å². The van der Waals surface area contributed by atoms with Crippen LogP contribution in [0.5, 0.6) is 0 Å². The van der Waals surface area contributed by atoms with E-state index >= 15 is 0 Å². The van der Waals surface area contributed by atoms with Gasteiger partial charge in [-0.05, 0) is 28.3 Å². The molecule has 1 aliphatic heterocycles. The summed E-state index contributed by atoms with van der Waals surface area (Å²) in [6, 6.07) is 41.7. The summed E-state index contributed by atoms with van der Waals surface area (Å²) in [5, 5.41) is 21.5. The number of furan rings is 1. The van der Waals surface area contributed by atoms with Crippen molar-refractivity contribution in [1.29, 1.82) is 0 Å². The van der Waals surface area contributed by atoms with Gasteiger partial charge in [-0.15, -0.1) is 0 Å². The first-order chi connectivity index (χ1) is 22.8. The van der Waals surface area contributed by atoms with Crippen LogP contribution in [0.3, 0.4) is 0 Å². The molecule has 4 aromatic carbocycles. The number of hydrogen-bond donors (Lipinski definition) is 2. The van der Waals surface area contributed by atoms with Gasteiger partial charge in [0.25, 0.3) is 0 Å². The average molecular weight is 633 g/mol. The summed E-state index contributed by atoms with van der Waals surface area (Å²) in [6.07, 6.45) is -1.25. The number of aliphatic hydroxyl groups is 2. The zero-order valence-electron chi connectivity index (χ0n) is 27.2. The van der Waals surface area contributed by atoms with Gasteiger partial charge in [0.15, 0.2) is 0 Å². The largest absolute Gasteiger partial charge is 0.498 e. The zero-order chi connectivity index (χ0) is 33.1. The standard InChI is InChI=1S/C39H41BO7/c1-37(2,27-41)34(42)33-32(25-26-45-33)40-46-35(38(43-3,28-17-9-5-10-18-28)29-19-11-6-12-20-29)36(47-40)39(44-4,30-21-13-7-14-22-30)31-23-15-8-16-24-31/h5-26,34-36,41-42H,27H2,1-4H3/t34-,35+,36+/m0/s1. The Morgan fingerprint density at radius 2 is 1.00 bits per heavy atom. The maximum Gasteiger partial charge on any atom is 0.498 e. The molecule has 0 saturated carbocycles. The van der Waals surface area contributed by atoms with Crippen LogP contribution in [-0.2, 0) is 30.0 Å². The molecule has 5 aromatic rings. The summed E-state index contributed by atoms with van der Waals surface area (Å²) < 4.78 is 33.5. The maximum atomic E-state index is 11.4. The van der Waals surface area contributed by atoms with Crippen LogP contribution in [0.2, 0.25) is 0 Å². The molecule has 1 aliphatic rings. The molecule has 0 amide bonds. The molecule has 6 rings (SSSR count). The van der Waals surface area contributed by atoms with Crippen LogP contribution >= 0.6 is 0 Å². The Kier molecular flexibility index (Phi) is 9.53. The highest BCUT2D eigenvalue weighted by Crippen LogP contribution is 2.50. The molecule has 0 radical (unpaired) electrons. The van der Waals surface area contributed by atoms with Crippen molar-refractivity contribution < 1.29 is 33.4 Å². The summed E-state index contributed by atoms with van der Waals surface area (Å²) in [6.45, 7) is 3.29. The molecule has 1 fully saturated rings. The molecule has 8 heteroatoms. The number of methoxy groups -OCH3 is 2. The van der Waals surface area contributed by atoms with Crippen molar-refractivity contribution in [2.45, 2.75) is 43.4 Å². The molecule has 2 heterocycles. The van der Waals surface area contributed by atoms with Crippen LogP contribution < -0.4 is 5.46 Å². The van der Waals surface area contributed by atoms with E-state index in [9.17, 15) is 10.2 Å².